The fraction of sp³-hybridized carbons (Fsp3) is 0.182. The Labute approximate surface area is 162 Å². The Hall–Kier alpha value is -2.46. The van der Waals surface area contributed by atoms with E-state index in [-0.39, 0.29) is 11.8 Å². The Bertz CT molecular complexity index is 823. The van der Waals surface area contributed by atoms with Gasteiger partial charge in [-0.05, 0) is 68.3 Å². The Morgan fingerprint density at radius 3 is 1.85 bits per heavy atom. The van der Waals surface area contributed by atoms with Crippen molar-refractivity contribution in [2.24, 2.45) is 0 Å². The van der Waals surface area contributed by atoms with Crippen LogP contribution in [-0.4, -0.2) is 17.4 Å². The van der Waals surface area contributed by atoms with Gasteiger partial charge in [0.25, 0.3) is 0 Å². The van der Waals surface area contributed by atoms with Crippen LogP contribution >= 0.6 is 15.9 Å². The van der Waals surface area contributed by atoms with E-state index in [4.69, 9.17) is 4.74 Å². The van der Waals surface area contributed by atoms with Crippen molar-refractivity contribution in [3.05, 3.63) is 81.8 Å². The van der Waals surface area contributed by atoms with Crippen LogP contribution in [0.25, 0.3) is 12.2 Å². The number of ether oxygens (including phenoxy) is 1. The molecule has 0 fully saturated rings. The number of carbonyl (C=O) groups is 2. The van der Waals surface area contributed by atoms with Crippen molar-refractivity contribution >= 4 is 39.8 Å². The average molecular weight is 413 g/mol. The molecule has 0 aliphatic carbocycles. The van der Waals surface area contributed by atoms with Gasteiger partial charge in [0, 0.05) is 16.1 Å². The van der Waals surface area contributed by atoms with Gasteiger partial charge >= 0.3 is 5.97 Å². The average Bonchev–Trinajstić information content (AvgIpc) is 2.58. The molecule has 0 atom stereocenters. The van der Waals surface area contributed by atoms with E-state index in [0.717, 1.165) is 15.6 Å². The van der Waals surface area contributed by atoms with Gasteiger partial charge in [0.1, 0.15) is 5.60 Å². The summed E-state index contributed by atoms with van der Waals surface area (Å²) in [5.41, 5.74) is 1.93. The van der Waals surface area contributed by atoms with E-state index in [2.05, 4.69) is 15.9 Å². The van der Waals surface area contributed by atoms with Crippen LogP contribution < -0.4 is 0 Å². The van der Waals surface area contributed by atoms with Crippen LogP contribution in [0.2, 0.25) is 0 Å². The van der Waals surface area contributed by atoms with Crippen LogP contribution in [0.15, 0.2) is 65.2 Å². The molecule has 0 aliphatic rings. The van der Waals surface area contributed by atoms with Crippen molar-refractivity contribution in [1.29, 1.82) is 0 Å². The maximum absolute atomic E-state index is 12.1. The van der Waals surface area contributed by atoms with Gasteiger partial charge in [0.05, 0.1) is 0 Å². The number of halogens is 1. The smallest absolute Gasteiger partial charge is 0.331 e. The zero-order valence-corrected chi connectivity index (χ0v) is 16.6. The minimum atomic E-state index is -0.503. The predicted octanol–water partition coefficient (Wildman–Crippen LogP) is 5.70. The predicted molar refractivity (Wildman–Crippen MR) is 109 cm³/mol. The van der Waals surface area contributed by atoms with Gasteiger partial charge < -0.3 is 4.74 Å². The highest BCUT2D eigenvalue weighted by Gasteiger charge is 2.13. The van der Waals surface area contributed by atoms with E-state index in [9.17, 15) is 9.59 Å². The topological polar surface area (TPSA) is 43.4 Å². The second-order valence-electron chi connectivity index (χ2n) is 6.74. The summed E-state index contributed by atoms with van der Waals surface area (Å²) < 4.78 is 6.16. The molecule has 0 bridgehead atoms. The Kier molecular flexibility index (Phi) is 6.70. The lowest BCUT2D eigenvalue weighted by Crippen LogP contribution is -2.22. The monoisotopic (exact) mass is 412 g/mol. The molecule has 26 heavy (non-hydrogen) atoms. The molecule has 0 radical (unpaired) electrons. The number of hydrogen-bond donors (Lipinski definition) is 0. The third-order valence-corrected chi connectivity index (χ3v) is 3.84. The number of carbonyl (C=O) groups excluding carboxylic acids is 2. The largest absolute Gasteiger partial charge is 0.457 e. The number of allylic oxidation sites excluding steroid dienone is 1. The van der Waals surface area contributed by atoms with Gasteiger partial charge in [0.15, 0.2) is 5.78 Å². The van der Waals surface area contributed by atoms with Gasteiger partial charge in [-0.25, -0.2) is 4.79 Å². The minimum absolute atomic E-state index is 0.0496. The molecule has 0 saturated heterocycles. The molecule has 0 amide bonds. The maximum Gasteiger partial charge on any atom is 0.331 e. The maximum atomic E-state index is 12.1. The molecule has 0 N–H and O–H groups in total. The molecule has 0 spiro atoms. The third kappa shape index (κ3) is 6.81. The molecule has 4 heteroatoms. The molecular formula is C22H21BrO3. The number of hydrogen-bond acceptors (Lipinski definition) is 3. The summed E-state index contributed by atoms with van der Waals surface area (Å²) >= 11 is 3.35. The molecular weight excluding hydrogens is 392 g/mol. The number of ketones is 1. The highest BCUT2D eigenvalue weighted by molar-refractivity contribution is 9.10. The second kappa shape index (κ2) is 8.77. The van der Waals surface area contributed by atoms with Crippen LogP contribution in [0.3, 0.4) is 0 Å². The van der Waals surface area contributed by atoms with Crippen molar-refractivity contribution in [3.8, 4) is 0 Å². The van der Waals surface area contributed by atoms with Crippen LogP contribution in [0.4, 0.5) is 0 Å². The third-order valence-electron chi connectivity index (χ3n) is 3.31. The Balaban J connectivity index is 1.97. The van der Waals surface area contributed by atoms with E-state index in [1.165, 1.54) is 6.08 Å². The summed E-state index contributed by atoms with van der Waals surface area (Å²) in [5.74, 6) is -0.423. The fourth-order valence-corrected chi connectivity index (χ4v) is 2.36. The summed E-state index contributed by atoms with van der Waals surface area (Å²) in [6.07, 6.45) is 6.43. The molecule has 2 aromatic carbocycles. The van der Waals surface area contributed by atoms with Gasteiger partial charge in [-0.2, -0.15) is 0 Å². The summed E-state index contributed by atoms with van der Waals surface area (Å²) in [5, 5.41) is 0. The molecule has 2 rings (SSSR count). The van der Waals surface area contributed by atoms with Crippen LogP contribution in [0, 0.1) is 0 Å². The van der Waals surface area contributed by atoms with Crippen LogP contribution in [0.1, 0.15) is 42.3 Å². The molecule has 134 valence electrons. The zero-order valence-electron chi connectivity index (χ0n) is 15.0. The second-order valence-corrected chi connectivity index (χ2v) is 7.65. The van der Waals surface area contributed by atoms with Crippen molar-refractivity contribution in [2.45, 2.75) is 26.4 Å². The Morgan fingerprint density at radius 1 is 0.846 bits per heavy atom. The molecule has 2 aromatic rings. The quantitative estimate of drug-likeness (QED) is 0.359. The lowest BCUT2D eigenvalue weighted by molar-refractivity contribution is -0.148. The van der Waals surface area contributed by atoms with Gasteiger partial charge in [-0.15, -0.1) is 0 Å². The van der Waals surface area contributed by atoms with Gasteiger partial charge in [0.2, 0.25) is 0 Å². The lowest BCUT2D eigenvalue weighted by Gasteiger charge is -2.17. The van der Waals surface area contributed by atoms with Gasteiger partial charge in [-0.3, -0.25) is 4.79 Å². The number of benzene rings is 2. The molecule has 0 unspecified atom stereocenters. The highest BCUT2D eigenvalue weighted by Crippen LogP contribution is 2.13. The normalized spacial score (nSPS) is 11.8. The summed E-state index contributed by atoms with van der Waals surface area (Å²) in [6.45, 7) is 5.49. The first-order chi connectivity index (χ1) is 12.2. The van der Waals surface area contributed by atoms with E-state index < -0.39 is 5.60 Å². The van der Waals surface area contributed by atoms with Gasteiger partial charge in [-0.1, -0.05) is 46.3 Å². The van der Waals surface area contributed by atoms with E-state index >= 15 is 0 Å². The van der Waals surface area contributed by atoms with Crippen LogP contribution in [0.5, 0.6) is 0 Å². The standard InChI is InChI=1S/C22H21BrO3/c1-22(2,3)26-21(25)15-9-17-6-4-16(5-7-17)8-14-20(24)18-10-12-19(23)13-11-18/h4-15H,1-3H3. The SMILES string of the molecule is CC(C)(C)OC(=O)C=Cc1ccc(C=CC(=O)c2ccc(Br)cc2)cc1. The molecule has 0 heterocycles. The first kappa shape index (κ1) is 19.9. The number of esters is 1. The summed E-state index contributed by atoms with van der Waals surface area (Å²) in [6, 6.07) is 14.8. The first-order valence-electron chi connectivity index (χ1n) is 8.22. The Morgan fingerprint density at radius 2 is 1.35 bits per heavy atom. The van der Waals surface area contributed by atoms with Crippen molar-refractivity contribution in [2.75, 3.05) is 0 Å². The van der Waals surface area contributed by atoms with Crippen molar-refractivity contribution < 1.29 is 14.3 Å². The molecule has 3 nitrogen and oxygen atoms in total. The molecule has 0 aliphatic heterocycles. The van der Waals surface area contributed by atoms with Crippen molar-refractivity contribution in [3.63, 3.8) is 0 Å². The van der Waals surface area contributed by atoms with E-state index in [1.54, 1.807) is 30.4 Å². The van der Waals surface area contributed by atoms with E-state index in [1.807, 2.05) is 57.2 Å². The van der Waals surface area contributed by atoms with Crippen LogP contribution in [-0.2, 0) is 9.53 Å². The summed E-state index contributed by atoms with van der Waals surface area (Å²) in [7, 11) is 0. The van der Waals surface area contributed by atoms with E-state index in [0.29, 0.717) is 5.56 Å². The van der Waals surface area contributed by atoms with Crippen molar-refractivity contribution in [1.82, 2.24) is 0 Å². The number of rotatable bonds is 5. The fourth-order valence-electron chi connectivity index (χ4n) is 2.10. The summed E-state index contributed by atoms with van der Waals surface area (Å²) in [4.78, 5) is 23.8. The lowest BCUT2D eigenvalue weighted by atomic mass is 10.1. The highest BCUT2D eigenvalue weighted by atomic mass is 79.9. The minimum Gasteiger partial charge on any atom is -0.457 e. The molecule has 0 aromatic heterocycles. The zero-order chi connectivity index (χ0) is 19.2. The molecule has 0 saturated carbocycles. The first-order valence-corrected chi connectivity index (χ1v) is 9.01.